The van der Waals surface area contributed by atoms with Crippen LogP contribution in [-0.4, -0.2) is 12.6 Å². The average Bonchev–Trinajstić information content (AvgIpc) is 2.49. The Hall–Kier alpha value is -1.96. The predicted octanol–water partition coefficient (Wildman–Crippen LogP) is 4.52. The smallest absolute Gasteiger partial charge is 0.119 e. The summed E-state index contributed by atoms with van der Waals surface area (Å²) >= 11 is 0. The third-order valence-corrected chi connectivity index (χ3v) is 3.17. The molecule has 2 nitrogen and oxygen atoms in total. The molecule has 0 aliphatic rings. The second-order valence-corrected chi connectivity index (χ2v) is 5.07. The average molecular weight is 269 g/mol. The van der Waals surface area contributed by atoms with E-state index in [1.807, 2.05) is 18.2 Å². The monoisotopic (exact) mass is 269 g/mol. The summed E-state index contributed by atoms with van der Waals surface area (Å²) in [6, 6.07) is 18.6. The van der Waals surface area contributed by atoms with Gasteiger partial charge in [0, 0.05) is 5.69 Å². The fourth-order valence-electron chi connectivity index (χ4n) is 2.11. The lowest BCUT2D eigenvalue weighted by atomic mass is 10.1. The number of hydrogen-bond acceptors (Lipinski definition) is 2. The Morgan fingerprint density at radius 2 is 1.70 bits per heavy atom. The Balaban J connectivity index is 1.80. The van der Waals surface area contributed by atoms with Crippen molar-refractivity contribution < 1.29 is 4.74 Å². The highest BCUT2D eigenvalue weighted by molar-refractivity contribution is 5.42. The molecule has 2 aromatic carbocycles. The Morgan fingerprint density at radius 1 is 1.00 bits per heavy atom. The van der Waals surface area contributed by atoms with Gasteiger partial charge in [0.25, 0.3) is 0 Å². The van der Waals surface area contributed by atoms with Gasteiger partial charge in [0.1, 0.15) is 11.9 Å². The molecule has 1 atom stereocenters. The van der Waals surface area contributed by atoms with E-state index in [1.165, 1.54) is 12.0 Å². The second-order valence-electron chi connectivity index (χ2n) is 5.07. The molecule has 0 heterocycles. The maximum absolute atomic E-state index is 5.91. The third kappa shape index (κ3) is 4.61. The minimum Gasteiger partial charge on any atom is -0.489 e. The molecule has 1 unspecified atom stereocenters. The Bertz CT molecular complexity index is 493. The van der Waals surface area contributed by atoms with Crippen LogP contribution in [0, 0.1) is 0 Å². The largest absolute Gasteiger partial charge is 0.489 e. The van der Waals surface area contributed by atoms with Gasteiger partial charge in [-0.05, 0) is 43.2 Å². The van der Waals surface area contributed by atoms with Crippen LogP contribution in [0.5, 0.6) is 5.75 Å². The second kappa shape index (κ2) is 7.59. The Kier molecular flexibility index (Phi) is 5.48. The molecule has 0 bridgehead atoms. The van der Waals surface area contributed by atoms with Crippen LogP contribution in [0.3, 0.4) is 0 Å². The summed E-state index contributed by atoms with van der Waals surface area (Å²) in [5.41, 5.74) is 2.50. The molecule has 2 rings (SSSR count). The van der Waals surface area contributed by atoms with Crippen molar-refractivity contribution in [3.8, 4) is 5.75 Å². The lowest BCUT2D eigenvalue weighted by molar-refractivity contribution is 0.234. The Morgan fingerprint density at radius 3 is 2.35 bits per heavy atom. The number of para-hydroxylation sites is 1. The van der Waals surface area contributed by atoms with E-state index in [0.29, 0.717) is 0 Å². The van der Waals surface area contributed by atoms with E-state index in [0.717, 1.165) is 24.4 Å². The van der Waals surface area contributed by atoms with Gasteiger partial charge in [-0.3, -0.25) is 0 Å². The molecule has 0 aliphatic carbocycles. The number of anilines is 1. The van der Waals surface area contributed by atoms with Gasteiger partial charge in [-0.15, -0.1) is 0 Å². The highest BCUT2D eigenvalue weighted by Gasteiger charge is 2.04. The summed E-state index contributed by atoms with van der Waals surface area (Å²) in [7, 11) is 0. The first-order valence-electron chi connectivity index (χ1n) is 7.32. The van der Waals surface area contributed by atoms with Gasteiger partial charge >= 0.3 is 0 Å². The molecule has 0 radical (unpaired) electrons. The number of rotatable bonds is 7. The first kappa shape index (κ1) is 14.4. The lowest BCUT2D eigenvalue weighted by Crippen LogP contribution is -2.22. The first-order valence-corrected chi connectivity index (χ1v) is 7.32. The van der Waals surface area contributed by atoms with Gasteiger partial charge in [-0.1, -0.05) is 43.7 Å². The highest BCUT2D eigenvalue weighted by atomic mass is 16.5. The molecule has 0 saturated heterocycles. The zero-order valence-electron chi connectivity index (χ0n) is 12.3. The van der Waals surface area contributed by atoms with Crippen molar-refractivity contribution in [1.82, 2.24) is 0 Å². The molecule has 2 heteroatoms. The minimum absolute atomic E-state index is 0.132. The van der Waals surface area contributed by atoms with Crippen LogP contribution in [0.2, 0.25) is 0 Å². The summed E-state index contributed by atoms with van der Waals surface area (Å²) in [5.74, 6) is 0.937. The van der Waals surface area contributed by atoms with Crippen molar-refractivity contribution in [3.63, 3.8) is 0 Å². The molecular formula is C18H23NO. The van der Waals surface area contributed by atoms with E-state index in [-0.39, 0.29) is 6.10 Å². The number of hydrogen-bond donors (Lipinski definition) is 1. The van der Waals surface area contributed by atoms with E-state index in [1.54, 1.807) is 0 Å². The third-order valence-electron chi connectivity index (χ3n) is 3.17. The summed E-state index contributed by atoms with van der Waals surface area (Å²) in [4.78, 5) is 0. The molecule has 2 aromatic rings. The number of ether oxygens (including phenoxy) is 1. The van der Waals surface area contributed by atoms with Gasteiger partial charge in [0.15, 0.2) is 0 Å². The van der Waals surface area contributed by atoms with E-state index in [4.69, 9.17) is 4.74 Å². The molecule has 1 N–H and O–H groups in total. The Labute approximate surface area is 121 Å². The zero-order chi connectivity index (χ0) is 14.2. The van der Waals surface area contributed by atoms with Crippen LogP contribution in [0.15, 0.2) is 54.6 Å². The normalized spacial score (nSPS) is 11.9. The van der Waals surface area contributed by atoms with Crippen molar-refractivity contribution in [2.75, 3.05) is 11.9 Å². The molecule has 0 aliphatic heterocycles. The van der Waals surface area contributed by atoms with Gasteiger partial charge < -0.3 is 10.1 Å². The van der Waals surface area contributed by atoms with Crippen LogP contribution >= 0.6 is 0 Å². The molecule has 20 heavy (non-hydrogen) atoms. The highest BCUT2D eigenvalue weighted by Crippen LogP contribution is 2.15. The maximum Gasteiger partial charge on any atom is 0.119 e. The first-order chi connectivity index (χ1) is 9.78. The molecule has 0 aromatic heterocycles. The van der Waals surface area contributed by atoms with Crippen LogP contribution in [0.4, 0.5) is 5.69 Å². The van der Waals surface area contributed by atoms with E-state index in [9.17, 15) is 0 Å². The van der Waals surface area contributed by atoms with Crippen molar-refractivity contribution in [3.05, 3.63) is 60.2 Å². The summed E-state index contributed by atoms with van der Waals surface area (Å²) < 4.78 is 5.91. The van der Waals surface area contributed by atoms with Crippen molar-refractivity contribution in [1.29, 1.82) is 0 Å². The number of nitrogens with one attached hydrogen (secondary N) is 1. The minimum atomic E-state index is 0.132. The fourth-order valence-corrected chi connectivity index (χ4v) is 2.11. The zero-order valence-corrected chi connectivity index (χ0v) is 12.3. The topological polar surface area (TPSA) is 21.3 Å². The van der Waals surface area contributed by atoms with E-state index >= 15 is 0 Å². The molecule has 0 saturated carbocycles. The van der Waals surface area contributed by atoms with Crippen molar-refractivity contribution in [2.45, 2.75) is 32.8 Å². The van der Waals surface area contributed by atoms with E-state index < -0.39 is 0 Å². The van der Waals surface area contributed by atoms with Crippen molar-refractivity contribution in [2.24, 2.45) is 0 Å². The quantitative estimate of drug-likeness (QED) is 0.798. The summed E-state index contributed by atoms with van der Waals surface area (Å²) in [6.07, 6.45) is 2.44. The van der Waals surface area contributed by atoms with Gasteiger partial charge in [-0.25, -0.2) is 0 Å². The fraction of sp³-hybridized carbons (Fsp3) is 0.333. The van der Waals surface area contributed by atoms with Gasteiger partial charge in [0.05, 0.1) is 6.54 Å². The number of benzene rings is 2. The predicted molar refractivity (Wildman–Crippen MR) is 85.5 cm³/mol. The maximum atomic E-state index is 5.91. The SMILES string of the molecule is CCCc1ccc(OC(C)CNc2ccccc2)cc1. The van der Waals surface area contributed by atoms with Crippen molar-refractivity contribution >= 4 is 5.69 Å². The van der Waals surface area contributed by atoms with Crippen LogP contribution in [-0.2, 0) is 6.42 Å². The van der Waals surface area contributed by atoms with Crippen LogP contribution in [0.25, 0.3) is 0 Å². The van der Waals surface area contributed by atoms with Gasteiger partial charge in [-0.2, -0.15) is 0 Å². The molecule has 106 valence electrons. The van der Waals surface area contributed by atoms with Gasteiger partial charge in [0.2, 0.25) is 0 Å². The summed E-state index contributed by atoms with van der Waals surface area (Å²) in [6.45, 7) is 5.07. The molecule has 0 spiro atoms. The standard InChI is InChI=1S/C18H23NO/c1-3-7-16-10-12-18(13-11-16)20-15(2)14-19-17-8-5-4-6-9-17/h4-6,8-13,15,19H,3,7,14H2,1-2H3. The van der Waals surface area contributed by atoms with Crippen LogP contribution < -0.4 is 10.1 Å². The lowest BCUT2D eigenvalue weighted by Gasteiger charge is -2.16. The molecule has 0 amide bonds. The summed E-state index contributed by atoms with van der Waals surface area (Å²) in [5, 5.41) is 3.37. The molecular weight excluding hydrogens is 246 g/mol. The van der Waals surface area contributed by atoms with Crippen LogP contribution in [0.1, 0.15) is 25.8 Å². The molecule has 0 fully saturated rings. The number of aryl methyl sites for hydroxylation is 1. The van der Waals surface area contributed by atoms with E-state index in [2.05, 4.69) is 55.6 Å².